The molecular formula is C16H18O5. The number of carbonyl (C=O) groups is 2. The van der Waals surface area contributed by atoms with E-state index in [0.29, 0.717) is 12.8 Å². The predicted octanol–water partition coefficient (Wildman–Crippen LogP) is 1.12. The van der Waals surface area contributed by atoms with Crippen LogP contribution in [0.15, 0.2) is 23.3 Å². The molecule has 0 aromatic carbocycles. The van der Waals surface area contributed by atoms with Gasteiger partial charge in [-0.3, -0.25) is 4.79 Å². The number of fused-ring (bicyclic) bond motifs is 2. The number of carbonyl (C=O) groups excluding carboxylic acids is 2. The van der Waals surface area contributed by atoms with E-state index in [0.717, 1.165) is 11.1 Å². The van der Waals surface area contributed by atoms with Crippen LogP contribution in [0.4, 0.5) is 0 Å². The van der Waals surface area contributed by atoms with E-state index in [9.17, 15) is 14.7 Å². The molecule has 5 nitrogen and oxygen atoms in total. The first-order valence-corrected chi connectivity index (χ1v) is 7.34. The van der Waals surface area contributed by atoms with Crippen molar-refractivity contribution in [2.45, 2.75) is 38.9 Å². The van der Waals surface area contributed by atoms with Gasteiger partial charge in [0.25, 0.3) is 0 Å². The minimum absolute atomic E-state index is 0.0400. The van der Waals surface area contributed by atoms with E-state index in [1.807, 2.05) is 19.9 Å². The maximum Gasteiger partial charge on any atom is 0.331 e. The van der Waals surface area contributed by atoms with Crippen LogP contribution >= 0.6 is 0 Å². The van der Waals surface area contributed by atoms with Crippen LogP contribution in [0.1, 0.15) is 26.7 Å². The number of hydrogen-bond donors (Lipinski definition) is 1. The Morgan fingerprint density at radius 1 is 1.24 bits per heavy atom. The van der Waals surface area contributed by atoms with Crippen molar-refractivity contribution in [2.75, 3.05) is 6.61 Å². The van der Waals surface area contributed by atoms with E-state index in [2.05, 4.69) is 0 Å². The molecule has 0 aromatic rings. The summed E-state index contributed by atoms with van der Waals surface area (Å²) in [7, 11) is 0. The van der Waals surface area contributed by atoms with Crippen molar-refractivity contribution >= 4 is 11.9 Å². The fraction of sp³-hybridized carbons (Fsp3) is 0.625. The Labute approximate surface area is 122 Å². The second-order valence-corrected chi connectivity index (χ2v) is 7.10. The van der Waals surface area contributed by atoms with Gasteiger partial charge in [-0.2, -0.15) is 0 Å². The molecule has 1 saturated heterocycles. The molecule has 0 aromatic heterocycles. The Hall–Kier alpha value is -1.62. The molecule has 2 fully saturated rings. The van der Waals surface area contributed by atoms with Gasteiger partial charge in [0, 0.05) is 17.4 Å². The maximum absolute atomic E-state index is 12.4. The molecule has 0 radical (unpaired) electrons. The Bertz CT molecular complexity index is 618. The molecule has 2 aliphatic heterocycles. The highest BCUT2D eigenvalue weighted by Crippen LogP contribution is 2.63. The lowest BCUT2D eigenvalue weighted by molar-refractivity contribution is -0.150. The van der Waals surface area contributed by atoms with Crippen LogP contribution in [0.5, 0.6) is 0 Å². The molecule has 2 heterocycles. The summed E-state index contributed by atoms with van der Waals surface area (Å²) in [5.74, 6) is -0.638. The molecule has 5 atom stereocenters. The molecule has 1 unspecified atom stereocenters. The molecule has 112 valence electrons. The van der Waals surface area contributed by atoms with Crippen LogP contribution in [0, 0.1) is 16.7 Å². The molecular weight excluding hydrogens is 272 g/mol. The Morgan fingerprint density at radius 3 is 2.71 bits per heavy atom. The molecule has 2 aliphatic carbocycles. The van der Waals surface area contributed by atoms with Crippen LogP contribution < -0.4 is 0 Å². The zero-order chi connectivity index (χ0) is 15.0. The lowest BCUT2D eigenvalue weighted by Gasteiger charge is -2.53. The van der Waals surface area contributed by atoms with Gasteiger partial charge in [-0.1, -0.05) is 6.92 Å². The second-order valence-electron chi connectivity index (χ2n) is 7.10. The molecule has 1 saturated carbocycles. The van der Waals surface area contributed by atoms with E-state index in [-0.39, 0.29) is 30.6 Å². The first kappa shape index (κ1) is 13.1. The van der Waals surface area contributed by atoms with E-state index >= 15 is 0 Å². The van der Waals surface area contributed by atoms with Crippen LogP contribution in [-0.4, -0.2) is 35.9 Å². The SMILES string of the molecule is C[C@@]12C[C@@H](O)C[C@]3(C)C4=CC(=O)OCC4=C[C@@H](OC1=O)C23. The van der Waals surface area contributed by atoms with Crippen molar-refractivity contribution in [2.24, 2.45) is 16.7 Å². The number of esters is 2. The van der Waals surface area contributed by atoms with Crippen molar-refractivity contribution in [3.8, 4) is 0 Å². The number of aliphatic hydroxyl groups excluding tert-OH is 1. The third kappa shape index (κ3) is 1.50. The first-order valence-electron chi connectivity index (χ1n) is 7.34. The van der Waals surface area contributed by atoms with E-state index in [1.54, 1.807) is 0 Å². The van der Waals surface area contributed by atoms with Gasteiger partial charge < -0.3 is 14.6 Å². The largest absolute Gasteiger partial charge is 0.458 e. The van der Waals surface area contributed by atoms with Gasteiger partial charge in [0.1, 0.15) is 12.7 Å². The Balaban J connectivity index is 1.94. The van der Waals surface area contributed by atoms with Crippen LogP contribution in [-0.2, 0) is 19.1 Å². The topological polar surface area (TPSA) is 72.8 Å². The number of ether oxygens (including phenoxy) is 2. The van der Waals surface area contributed by atoms with E-state index < -0.39 is 16.9 Å². The fourth-order valence-corrected chi connectivity index (χ4v) is 5.02. The molecule has 0 spiro atoms. The Kier molecular flexibility index (Phi) is 2.35. The smallest absolute Gasteiger partial charge is 0.331 e. The van der Waals surface area contributed by atoms with Crippen molar-refractivity contribution < 1.29 is 24.2 Å². The molecule has 0 amide bonds. The van der Waals surface area contributed by atoms with Gasteiger partial charge in [0.05, 0.1) is 11.5 Å². The van der Waals surface area contributed by atoms with Gasteiger partial charge in [-0.25, -0.2) is 4.79 Å². The lowest BCUT2D eigenvalue weighted by Crippen LogP contribution is -2.54. The Morgan fingerprint density at radius 2 is 1.95 bits per heavy atom. The second kappa shape index (κ2) is 3.77. The highest BCUT2D eigenvalue weighted by atomic mass is 16.6. The van der Waals surface area contributed by atoms with Gasteiger partial charge >= 0.3 is 11.9 Å². The zero-order valence-electron chi connectivity index (χ0n) is 12.1. The normalized spacial score (nSPS) is 47.7. The molecule has 1 N–H and O–H groups in total. The van der Waals surface area contributed by atoms with Crippen molar-refractivity contribution in [3.05, 3.63) is 23.3 Å². The first-order chi connectivity index (χ1) is 9.84. The van der Waals surface area contributed by atoms with Gasteiger partial charge in [-0.15, -0.1) is 0 Å². The summed E-state index contributed by atoms with van der Waals surface area (Å²) >= 11 is 0. The third-order valence-electron chi connectivity index (χ3n) is 5.69. The number of aliphatic hydroxyl groups is 1. The van der Waals surface area contributed by atoms with Gasteiger partial charge in [-0.05, 0) is 37.0 Å². The maximum atomic E-state index is 12.4. The number of hydrogen-bond acceptors (Lipinski definition) is 5. The highest BCUT2D eigenvalue weighted by molar-refractivity contribution is 5.87. The quantitative estimate of drug-likeness (QED) is 0.677. The summed E-state index contributed by atoms with van der Waals surface area (Å²) < 4.78 is 10.6. The monoisotopic (exact) mass is 290 g/mol. The van der Waals surface area contributed by atoms with Crippen molar-refractivity contribution in [1.29, 1.82) is 0 Å². The number of cyclic esters (lactones) is 1. The minimum atomic E-state index is -0.693. The molecule has 0 bridgehead atoms. The summed E-state index contributed by atoms with van der Waals surface area (Å²) in [6.45, 7) is 4.12. The summed E-state index contributed by atoms with van der Waals surface area (Å²) in [4.78, 5) is 24.0. The van der Waals surface area contributed by atoms with Gasteiger partial charge in [0.15, 0.2) is 0 Å². The van der Waals surface area contributed by atoms with Crippen LogP contribution in [0.2, 0.25) is 0 Å². The third-order valence-corrected chi connectivity index (χ3v) is 5.69. The predicted molar refractivity (Wildman–Crippen MR) is 71.9 cm³/mol. The molecule has 4 aliphatic rings. The van der Waals surface area contributed by atoms with Crippen LogP contribution in [0.3, 0.4) is 0 Å². The lowest BCUT2D eigenvalue weighted by atomic mass is 9.49. The highest BCUT2D eigenvalue weighted by Gasteiger charge is 2.66. The average Bonchev–Trinajstić information content (AvgIpc) is 2.62. The standard InChI is InChI=1S/C16H18O5/c1-15-5-9(17)6-16(2)13(15)11(21-14(16)19)3-8-7-20-12(18)4-10(8)15/h3-4,9,11,13,17H,5-7H2,1-2H3/t9-,11+,13?,15+,16-/m0/s1. The molecule has 5 heteroatoms. The number of rotatable bonds is 0. The summed E-state index contributed by atoms with van der Waals surface area (Å²) in [5.41, 5.74) is 0.682. The average molecular weight is 290 g/mol. The fourth-order valence-electron chi connectivity index (χ4n) is 5.02. The summed E-state index contributed by atoms with van der Waals surface area (Å²) in [5, 5.41) is 10.3. The summed E-state index contributed by atoms with van der Waals surface area (Å²) in [6.07, 6.45) is 3.54. The summed E-state index contributed by atoms with van der Waals surface area (Å²) in [6, 6.07) is 0. The zero-order valence-corrected chi connectivity index (χ0v) is 12.1. The van der Waals surface area contributed by atoms with Crippen molar-refractivity contribution in [1.82, 2.24) is 0 Å². The van der Waals surface area contributed by atoms with Gasteiger partial charge in [0.2, 0.25) is 0 Å². The van der Waals surface area contributed by atoms with Crippen LogP contribution in [0.25, 0.3) is 0 Å². The van der Waals surface area contributed by atoms with E-state index in [1.165, 1.54) is 6.08 Å². The minimum Gasteiger partial charge on any atom is -0.458 e. The van der Waals surface area contributed by atoms with E-state index in [4.69, 9.17) is 9.47 Å². The van der Waals surface area contributed by atoms with Crippen molar-refractivity contribution in [3.63, 3.8) is 0 Å². The molecule has 21 heavy (non-hydrogen) atoms. The molecule has 4 rings (SSSR count).